The van der Waals surface area contributed by atoms with Gasteiger partial charge in [-0.05, 0) is 59.8 Å². The van der Waals surface area contributed by atoms with Crippen LogP contribution in [0.3, 0.4) is 0 Å². The number of carbonyl (C=O) groups excluding carboxylic acids is 2. The predicted octanol–water partition coefficient (Wildman–Crippen LogP) is 5.83. The molecule has 2 aliphatic rings. The monoisotopic (exact) mass is 460 g/mol. The van der Waals surface area contributed by atoms with Gasteiger partial charge in [-0.3, -0.25) is 9.59 Å². The Kier molecular flexibility index (Phi) is 8.42. The maximum atomic E-state index is 12.5. The second-order valence-electron chi connectivity index (χ2n) is 10.8. The van der Waals surface area contributed by atoms with Gasteiger partial charge in [0.1, 0.15) is 0 Å². The molecule has 4 unspecified atom stereocenters. The molecule has 0 aliphatic heterocycles. The minimum Gasteiger partial charge on any atom is -0.353 e. The van der Waals surface area contributed by atoms with Crippen molar-refractivity contribution in [3.63, 3.8) is 0 Å². The van der Waals surface area contributed by atoms with E-state index in [0.717, 1.165) is 47.9 Å². The summed E-state index contributed by atoms with van der Waals surface area (Å²) in [5, 5.41) is 6.44. The fourth-order valence-electron chi connectivity index (χ4n) is 5.69. The van der Waals surface area contributed by atoms with Crippen molar-refractivity contribution in [3.8, 4) is 11.1 Å². The summed E-state index contributed by atoms with van der Waals surface area (Å²) in [5.74, 6) is 1.66. The molecule has 0 saturated heterocycles. The number of hydrogen-bond donors (Lipinski definition) is 2. The lowest BCUT2D eigenvalue weighted by Gasteiger charge is -2.27. The average molecular weight is 461 g/mol. The van der Waals surface area contributed by atoms with E-state index in [2.05, 4.69) is 48.7 Å². The molecule has 0 bridgehead atoms. The highest BCUT2D eigenvalue weighted by atomic mass is 16.2. The molecule has 0 heterocycles. The van der Waals surface area contributed by atoms with Crippen LogP contribution < -0.4 is 10.6 Å². The topological polar surface area (TPSA) is 58.2 Å². The zero-order valence-electron chi connectivity index (χ0n) is 20.8. The third-order valence-electron chi connectivity index (χ3n) is 7.57. The lowest BCUT2D eigenvalue weighted by atomic mass is 9.87. The van der Waals surface area contributed by atoms with Crippen LogP contribution in [0.5, 0.6) is 0 Å². The van der Waals surface area contributed by atoms with Gasteiger partial charge >= 0.3 is 0 Å². The molecule has 2 saturated carbocycles. The molecular weight excluding hydrogens is 420 g/mol. The van der Waals surface area contributed by atoms with E-state index in [1.54, 1.807) is 0 Å². The van der Waals surface area contributed by atoms with Gasteiger partial charge in [0.2, 0.25) is 11.8 Å². The molecular formula is C30H40N2O2. The summed E-state index contributed by atoms with van der Waals surface area (Å²) in [5.41, 5.74) is 4.32. The van der Waals surface area contributed by atoms with E-state index in [9.17, 15) is 9.59 Å². The van der Waals surface area contributed by atoms with Crippen molar-refractivity contribution in [2.75, 3.05) is 0 Å². The molecule has 4 atom stereocenters. The Morgan fingerprint density at radius 3 is 1.38 bits per heavy atom. The maximum Gasteiger partial charge on any atom is 0.224 e. The van der Waals surface area contributed by atoms with Crippen LogP contribution in [0.15, 0.2) is 48.5 Å². The number of benzene rings is 2. The van der Waals surface area contributed by atoms with Gasteiger partial charge in [-0.1, -0.05) is 88.1 Å². The van der Waals surface area contributed by atoms with Gasteiger partial charge in [0.05, 0.1) is 12.8 Å². The van der Waals surface area contributed by atoms with Crippen LogP contribution in [0.4, 0.5) is 0 Å². The van der Waals surface area contributed by atoms with Crippen LogP contribution in [0.25, 0.3) is 11.1 Å². The first-order valence-electron chi connectivity index (χ1n) is 13.2. The van der Waals surface area contributed by atoms with Gasteiger partial charge in [-0.2, -0.15) is 0 Å². The Hall–Kier alpha value is -2.62. The van der Waals surface area contributed by atoms with Gasteiger partial charge in [0.15, 0.2) is 0 Å². The van der Waals surface area contributed by atoms with Crippen LogP contribution in [0.1, 0.15) is 76.3 Å². The molecule has 2 aromatic carbocycles. The first-order chi connectivity index (χ1) is 16.4. The lowest BCUT2D eigenvalue weighted by molar-refractivity contribution is -0.122. The van der Waals surface area contributed by atoms with Crippen LogP contribution in [-0.2, 0) is 22.4 Å². The van der Waals surface area contributed by atoms with E-state index >= 15 is 0 Å². The van der Waals surface area contributed by atoms with Crippen molar-refractivity contribution in [2.45, 2.75) is 90.1 Å². The quantitative estimate of drug-likeness (QED) is 0.546. The molecule has 34 heavy (non-hydrogen) atoms. The molecule has 182 valence electrons. The SMILES string of the molecule is CC1CCCC(NC(=O)Cc2ccc(-c3ccc(CC(=O)NC4CCCC(C)C4)cc3)cc2)C1. The number of carbonyl (C=O) groups is 2. The molecule has 2 aliphatic carbocycles. The number of amides is 2. The van der Waals surface area contributed by atoms with Crippen molar-refractivity contribution >= 4 is 11.8 Å². The summed E-state index contributed by atoms with van der Waals surface area (Å²) in [7, 11) is 0. The van der Waals surface area contributed by atoms with E-state index in [-0.39, 0.29) is 11.8 Å². The van der Waals surface area contributed by atoms with Gasteiger partial charge in [-0.25, -0.2) is 0 Å². The third kappa shape index (κ3) is 7.19. The van der Waals surface area contributed by atoms with E-state index < -0.39 is 0 Å². The molecule has 2 amide bonds. The van der Waals surface area contributed by atoms with Crippen LogP contribution in [-0.4, -0.2) is 23.9 Å². The second kappa shape index (κ2) is 11.7. The van der Waals surface area contributed by atoms with Crippen LogP contribution in [0, 0.1) is 11.8 Å². The molecule has 4 nitrogen and oxygen atoms in total. The van der Waals surface area contributed by atoms with Gasteiger partial charge < -0.3 is 10.6 Å². The standard InChI is InChI=1S/C30H40N2O2/c1-21-5-3-7-27(17-21)31-29(33)19-23-9-13-25(14-10-23)26-15-11-24(12-16-26)20-30(34)32-28-8-4-6-22(2)18-28/h9-16,21-22,27-28H,3-8,17-20H2,1-2H3,(H,31,33)(H,32,34). The summed E-state index contributed by atoms with van der Waals surface area (Å²) in [6.45, 7) is 4.55. The third-order valence-corrected chi connectivity index (χ3v) is 7.57. The van der Waals surface area contributed by atoms with Crippen molar-refractivity contribution in [1.82, 2.24) is 10.6 Å². The molecule has 2 aromatic rings. The summed E-state index contributed by atoms with van der Waals surface area (Å²) < 4.78 is 0. The van der Waals surface area contributed by atoms with Gasteiger partial charge in [0.25, 0.3) is 0 Å². The van der Waals surface area contributed by atoms with E-state index in [0.29, 0.717) is 36.8 Å². The zero-order valence-corrected chi connectivity index (χ0v) is 20.8. The predicted molar refractivity (Wildman–Crippen MR) is 138 cm³/mol. The Bertz CT molecular complexity index is 871. The highest BCUT2D eigenvalue weighted by Gasteiger charge is 2.21. The van der Waals surface area contributed by atoms with Crippen LogP contribution in [0.2, 0.25) is 0 Å². The van der Waals surface area contributed by atoms with Crippen molar-refractivity contribution in [3.05, 3.63) is 59.7 Å². The Labute approximate surface area is 204 Å². The van der Waals surface area contributed by atoms with Gasteiger partial charge in [0, 0.05) is 12.1 Å². The first-order valence-corrected chi connectivity index (χ1v) is 13.2. The normalized spacial score (nSPS) is 24.9. The van der Waals surface area contributed by atoms with E-state index in [1.807, 2.05) is 24.3 Å². The molecule has 2 N–H and O–H groups in total. The summed E-state index contributed by atoms with van der Waals surface area (Å²) in [4.78, 5) is 24.9. The van der Waals surface area contributed by atoms with Crippen molar-refractivity contribution in [1.29, 1.82) is 0 Å². The van der Waals surface area contributed by atoms with Crippen molar-refractivity contribution < 1.29 is 9.59 Å². The van der Waals surface area contributed by atoms with Crippen LogP contribution >= 0.6 is 0 Å². The Balaban J connectivity index is 1.26. The minimum atomic E-state index is 0.122. The summed E-state index contributed by atoms with van der Waals surface area (Å²) >= 11 is 0. The Morgan fingerprint density at radius 2 is 1.03 bits per heavy atom. The highest BCUT2D eigenvalue weighted by Crippen LogP contribution is 2.25. The first kappa shape index (κ1) is 24.5. The van der Waals surface area contributed by atoms with E-state index in [1.165, 1.54) is 25.7 Å². The van der Waals surface area contributed by atoms with Gasteiger partial charge in [-0.15, -0.1) is 0 Å². The summed E-state index contributed by atoms with van der Waals surface area (Å²) in [6.07, 6.45) is 10.2. The highest BCUT2D eigenvalue weighted by molar-refractivity contribution is 5.80. The molecule has 4 heteroatoms. The summed E-state index contributed by atoms with van der Waals surface area (Å²) in [6, 6.07) is 17.2. The maximum absolute atomic E-state index is 12.5. The fraction of sp³-hybridized carbons (Fsp3) is 0.533. The van der Waals surface area contributed by atoms with E-state index in [4.69, 9.17) is 0 Å². The number of hydrogen-bond acceptors (Lipinski definition) is 2. The zero-order chi connectivity index (χ0) is 23.9. The second-order valence-corrected chi connectivity index (χ2v) is 10.8. The minimum absolute atomic E-state index is 0.122. The van der Waals surface area contributed by atoms with Crippen molar-refractivity contribution in [2.24, 2.45) is 11.8 Å². The number of nitrogens with one attached hydrogen (secondary N) is 2. The average Bonchev–Trinajstić information content (AvgIpc) is 2.80. The Morgan fingerprint density at radius 1 is 0.647 bits per heavy atom. The smallest absolute Gasteiger partial charge is 0.224 e. The lowest BCUT2D eigenvalue weighted by Crippen LogP contribution is -2.38. The molecule has 0 radical (unpaired) electrons. The molecule has 2 fully saturated rings. The largest absolute Gasteiger partial charge is 0.353 e. The number of rotatable bonds is 7. The molecule has 0 spiro atoms. The molecule has 4 rings (SSSR count). The fourth-order valence-corrected chi connectivity index (χ4v) is 5.69. The molecule has 0 aromatic heterocycles.